The van der Waals surface area contributed by atoms with Gasteiger partial charge in [-0.1, -0.05) is 0 Å². The molecule has 1 saturated heterocycles. The molecule has 0 atom stereocenters. The molecule has 100 valence electrons. The third kappa shape index (κ3) is 2.53. The molecule has 0 aromatic carbocycles. The highest BCUT2D eigenvalue weighted by Gasteiger charge is 2.18. The first-order valence-electron chi connectivity index (χ1n) is 6.52. The van der Waals surface area contributed by atoms with E-state index in [9.17, 15) is 0 Å². The standard InChI is InChI=1S/C13H17N5S/c1-9-5-6-10(19-9)11-15-12(14-2)17-13(16-11)18-7-3-4-8-18/h5-6H,3-4,7-8H2,1-2H3,(H,14,15,16,17). The van der Waals surface area contributed by atoms with Crippen LogP contribution in [0.15, 0.2) is 12.1 Å². The molecule has 0 aliphatic carbocycles. The predicted molar refractivity (Wildman–Crippen MR) is 78.9 cm³/mol. The van der Waals surface area contributed by atoms with Crippen molar-refractivity contribution >= 4 is 23.2 Å². The molecule has 1 aliphatic heterocycles. The van der Waals surface area contributed by atoms with Crippen molar-refractivity contribution in [1.82, 2.24) is 15.0 Å². The Morgan fingerprint density at radius 3 is 2.58 bits per heavy atom. The van der Waals surface area contributed by atoms with Gasteiger partial charge in [0.15, 0.2) is 5.82 Å². The zero-order valence-electron chi connectivity index (χ0n) is 11.2. The maximum atomic E-state index is 4.62. The zero-order chi connectivity index (χ0) is 13.2. The Morgan fingerprint density at radius 2 is 1.95 bits per heavy atom. The maximum absolute atomic E-state index is 4.62. The summed E-state index contributed by atoms with van der Waals surface area (Å²) in [5, 5.41) is 3.02. The molecule has 19 heavy (non-hydrogen) atoms. The summed E-state index contributed by atoms with van der Waals surface area (Å²) in [7, 11) is 1.84. The minimum Gasteiger partial charge on any atom is -0.357 e. The van der Waals surface area contributed by atoms with E-state index in [2.05, 4.69) is 44.2 Å². The normalized spacial score (nSPS) is 14.9. The summed E-state index contributed by atoms with van der Waals surface area (Å²) >= 11 is 1.71. The molecular weight excluding hydrogens is 258 g/mol. The third-order valence-electron chi connectivity index (χ3n) is 3.20. The zero-order valence-corrected chi connectivity index (χ0v) is 12.0. The fourth-order valence-corrected chi connectivity index (χ4v) is 3.00. The van der Waals surface area contributed by atoms with Crippen LogP contribution in [0.3, 0.4) is 0 Å². The van der Waals surface area contributed by atoms with Crippen LogP contribution < -0.4 is 10.2 Å². The first-order chi connectivity index (χ1) is 9.26. The molecule has 2 aromatic rings. The fraction of sp³-hybridized carbons (Fsp3) is 0.462. The van der Waals surface area contributed by atoms with E-state index >= 15 is 0 Å². The molecule has 1 fully saturated rings. The largest absolute Gasteiger partial charge is 0.357 e. The van der Waals surface area contributed by atoms with E-state index in [0.717, 1.165) is 29.7 Å². The number of nitrogens with zero attached hydrogens (tertiary/aromatic N) is 4. The lowest BCUT2D eigenvalue weighted by Gasteiger charge is -2.16. The van der Waals surface area contributed by atoms with Crippen LogP contribution in [-0.2, 0) is 0 Å². The first-order valence-corrected chi connectivity index (χ1v) is 7.33. The van der Waals surface area contributed by atoms with Crippen molar-refractivity contribution in [3.05, 3.63) is 17.0 Å². The summed E-state index contributed by atoms with van der Waals surface area (Å²) in [6.07, 6.45) is 2.43. The molecule has 5 nitrogen and oxygen atoms in total. The van der Waals surface area contributed by atoms with Gasteiger partial charge in [0.05, 0.1) is 4.88 Å². The Hall–Kier alpha value is -1.69. The quantitative estimate of drug-likeness (QED) is 0.933. The van der Waals surface area contributed by atoms with Crippen LogP contribution in [0.4, 0.5) is 11.9 Å². The molecule has 3 heterocycles. The van der Waals surface area contributed by atoms with Gasteiger partial charge in [0, 0.05) is 25.0 Å². The van der Waals surface area contributed by atoms with Crippen LogP contribution in [-0.4, -0.2) is 35.1 Å². The number of rotatable bonds is 3. The van der Waals surface area contributed by atoms with E-state index in [0.29, 0.717) is 5.95 Å². The Labute approximate surface area is 116 Å². The topological polar surface area (TPSA) is 53.9 Å². The number of hydrogen-bond donors (Lipinski definition) is 1. The van der Waals surface area contributed by atoms with Gasteiger partial charge in [0.25, 0.3) is 0 Å². The van der Waals surface area contributed by atoms with Crippen molar-refractivity contribution in [2.24, 2.45) is 0 Å². The van der Waals surface area contributed by atoms with Gasteiger partial charge in [-0.2, -0.15) is 15.0 Å². The van der Waals surface area contributed by atoms with Crippen LogP contribution in [0.2, 0.25) is 0 Å². The summed E-state index contributed by atoms with van der Waals surface area (Å²) in [6, 6.07) is 4.17. The summed E-state index contributed by atoms with van der Waals surface area (Å²) in [5.74, 6) is 2.19. The van der Waals surface area contributed by atoms with Gasteiger partial charge in [0.2, 0.25) is 11.9 Å². The highest BCUT2D eigenvalue weighted by Crippen LogP contribution is 2.27. The average Bonchev–Trinajstić information content (AvgIpc) is 3.09. The van der Waals surface area contributed by atoms with Crippen LogP contribution >= 0.6 is 11.3 Å². The monoisotopic (exact) mass is 275 g/mol. The van der Waals surface area contributed by atoms with Crippen molar-refractivity contribution in [3.8, 4) is 10.7 Å². The Morgan fingerprint density at radius 1 is 1.16 bits per heavy atom. The first kappa shape index (κ1) is 12.3. The van der Waals surface area contributed by atoms with Gasteiger partial charge in [-0.3, -0.25) is 0 Å². The molecule has 0 bridgehead atoms. The lowest BCUT2D eigenvalue weighted by molar-refractivity contribution is 0.885. The second kappa shape index (κ2) is 5.13. The van der Waals surface area contributed by atoms with Crippen molar-refractivity contribution in [1.29, 1.82) is 0 Å². The maximum Gasteiger partial charge on any atom is 0.230 e. The van der Waals surface area contributed by atoms with Crippen LogP contribution in [0, 0.1) is 6.92 Å². The number of thiophene rings is 1. The fourth-order valence-electron chi connectivity index (χ4n) is 2.20. The summed E-state index contributed by atoms with van der Waals surface area (Å²) in [5.41, 5.74) is 0. The minimum absolute atomic E-state index is 0.637. The second-order valence-corrected chi connectivity index (χ2v) is 5.92. The predicted octanol–water partition coefficient (Wildman–Crippen LogP) is 2.55. The van der Waals surface area contributed by atoms with Crippen molar-refractivity contribution < 1.29 is 0 Å². The van der Waals surface area contributed by atoms with Crippen molar-refractivity contribution in [2.45, 2.75) is 19.8 Å². The van der Waals surface area contributed by atoms with E-state index in [1.807, 2.05) is 7.05 Å². The highest BCUT2D eigenvalue weighted by atomic mass is 32.1. The summed E-state index contributed by atoms with van der Waals surface area (Å²) in [6.45, 7) is 4.17. The Kier molecular flexibility index (Phi) is 3.33. The van der Waals surface area contributed by atoms with Crippen LogP contribution in [0.25, 0.3) is 10.7 Å². The molecular formula is C13H17N5S. The van der Waals surface area contributed by atoms with Gasteiger partial charge in [-0.25, -0.2) is 0 Å². The lowest BCUT2D eigenvalue weighted by Crippen LogP contribution is -2.21. The molecule has 2 aromatic heterocycles. The molecule has 0 spiro atoms. The Balaban J connectivity index is 2.01. The summed E-state index contributed by atoms with van der Waals surface area (Å²) in [4.78, 5) is 18.1. The molecule has 1 aliphatic rings. The molecule has 1 N–H and O–H groups in total. The number of hydrogen-bond acceptors (Lipinski definition) is 6. The third-order valence-corrected chi connectivity index (χ3v) is 4.19. The highest BCUT2D eigenvalue weighted by molar-refractivity contribution is 7.15. The van der Waals surface area contributed by atoms with Crippen LogP contribution in [0.5, 0.6) is 0 Å². The number of nitrogens with one attached hydrogen (secondary N) is 1. The molecule has 3 rings (SSSR count). The van der Waals surface area contributed by atoms with Gasteiger partial charge in [0.1, 0.15) is 0 Å². The molecule has 0 radical (unpaired) electrons. The average molecular weight is 275 g/mol. The van der Waals surface area contributed by atoms with Crippen molar-refractivity contribution in [3.63, 3.8) is 0 Å². The van der Waals surface area contributed by atoms with E-state index in [1.54, 1.807) is 11.3 Å². The summed E-state index contributed by atoms with van der Waals surface area (Å²) < 4.78 is 0. The number of aryl methyl sites for hydroxylation is 1. The minimum atomic E-state index is 0.637. The smallest absolute Gasteiger partial charge is 0.230 e. The van der Waals surface area contributed by atoms with E-state index in [4.69, 9.17) is 0 Å². The van der Waals surface area contributed by atoms with E-state index in [-0.39, 0.29) is 0 Å². The molecule has 0 unspecified atom stereocenters. The van der Waals surface area contributed by atoms with E-state index in [1.165, 1.54) is 17.7 Å². The molecule has 6 heteroatoms. The molecule has 0 saturated carbocycles. The second-order valence-electron chi connectivity index (χ2n) is 4.64. The molecule has 0 amide bonds. The van der Waals surface area contributed by atoms with Crippen molar-refractivity contribution in [2.75, 3.05) is 30.4 Å². The number of aromatic nitrogens is 3. The van der Waals surface area contributed by atoms with Gasteiger partial charge in [-0.05, 0) is 31.9 Å². The number of anilines is 2. The Bertz CT molecular complexity index is 574. The SMILES string of the molecule is CNc1nc(-c2ccc(C)s2)nc(N2CCCC2)n1. The van der Waals surface area contributed by atoms with Gasteiger partial charge in [-0.15, -0.1) is 11.3 Å². The van der Waals surface area contributed by atoms with Gasteiger partial charge >= 0.3 is 0 Å². The van der Waals surface area contributed by atoms with Gasteiger partial charge < -0.3 is 10.2 Å². The van der Waals surface area contributed by atoms with Crippen LogP contribution in [0.1, 0.15) is 17.7 Å². The lowest BCUT2D eigenvalue weighted by atomic mass is 10.4. The van der Waals surface area contributed by atoms with E-state index < -0.39 is 0 Å².